The molecule has 16 heteroatoms. The van der Waals surface area contributed by atoms with Gasteiger partial charge in [-0.2, -0.15) is 0 Å². The molecule has 0 fully saturated rings. The second kappa shape index (κ2) is 25.5. The van der Waals surface area contributed by atoms with Crippen molar-refractivity contribution in [3.63, 3.8) is 0 Å². The van der Waals surface area contributed by atoms with Crippen LogP contribution in [0.25, 0.3) is 5.70 Å². The molecule has 3 amide bonds. The summed E-state index contributed by atoms with van der Waals surface area (Å²) >= 11 is 0. The van der Waals surface area contributed by atoms with Gasteiger partial charge in [0, 0.05) is 82.9 Å². The quantitative estimate of drug-likeness (QED) is 0.0399. The minimum atomic E-state index is -0.897. The van der Waals surface area contributed by atoms with E-state index in [1.165, 1.54) is 50.2 Å². The van der Waals surface area contributed by atoms with Crippen LogP contribution in [-0.2, 0) is 28.8 Å². The fraction of sp³-hybridized carbons (Fsp3) is 0.429. The molecule has 0 atom stereocenters. The van der Waals surface area contributed by atoms with Gasteiger partial charge in [-0.3, -0.25) is 38.4 Å². The van der Waals surface area contributed by atoms with Gasteiger partial charge in [-0.1, -0.05) is 50.8 Å². The molecule has 0 bridgehead atoms. The highest BCUT2D eigenvalue weighted by Crippen LogP contribution is 2.34. The molecule has 350 valence electrons. The molecule has 0 aliphatic heterocycles. The van der Waals surface area contributed by atoms with E-state index in [0.717, 1.165) is 36.2 Å². The van der Waals surface area contributed by atoms with Crippen LogP contribution in [0.1, 0.15) is 130 Å². The Morgan fingerprint density at radius 3 is 1.42 bits per heavy atom. The number of nitrogens with one attached hydrogen (secondary N) is 4. The van der Waals surface area contributed by atoms with E-state index in [-0.39, 0.29) is 77.7 Å². The zero-order chi connectivity index (χ0) is 48.3. The molecular weight excluding hydrogens is 837 g/mol. The molecule has 3 aromatic rings. The number of Topliss-reactive ketones (excluding diaryl/α,β-unsaturated/α-hetero) is 1. The molecule has 65 heavy (non-hydrogen) atoms. The van der Waals surface area contributed by atoms with E-state index in [1.807, 2.05) is 32.0 Å². The van der Waals surface area contributed by atoms with E-state index < -0.39 is 41.2 Å². The summed E-state index contributed by atoms with van der Waals surface area (Å²) in [5.41, 5.74) is 2.99. The number of ketones is 1. The molecule has 0 radical (unpaired) electrons. The number of hydrogen-bond acceptors (Lipinski definition) is 13. The molecule has 0 spiro atoms. The van der Waals surface area contributed by atoms with E-state index >= 15 is 0 Å². The molecule has 16 nitrogen and oxygen atoms in total. The average molecular weight is 899 g/mol. The molecule has 0 saturated carbocycles. The van der Waals surface area contributed by atoms with Crippen molar-refractivity contribution in [2.24, 2.45) is 5.92 Å². The highest BCUT2D eigenvalue weighted by Gasteiger charge is 2.32. The summed E-state index contributed by atoms with van der Waals surface area (Å²) in [6.07, 6.45) is 2.45. The number of aryl methyl sites for hydroxylation is 1. The largest absolute Gasteiger partial charge is 0.423 e. The van der Waals surface area contributed by atoms with Crippen molar-refractivity contribution in [2.75, 3.05) is 19.6 Å². The molecule has 3 aromatic carbocycles. The Balaban J connectivity index is 1.90. The molecular formula is C49H62N4O12. The summed E-state index contributed by atoms with van der Waals surface area (Å²) in [6.45, 7) is 17.3. The van der Waals surface area contributed by atoms with Crippen molar-refractivity contribution >= 4 is 53.1 Å². The first-order valence-electron chi connectivity index (χ1n) is 21.6. The smallest absolute Gasteiger partial charge is 0.308 e. The monoisotopic (exact) mass is 898 g/mol. The third-order valence-electron chi connectivity index (χ3n) is 10.4. The third-order valence-corrected chi connectivity index (χ3v) is 10.4. The van der Waals surface area contributed by atoms with Crippen LogP contribution in [0.15, 0.2) is 61.2 Å². The van der Waals surface area contributed by atoms with Gasteiger partial charge >= 0.3 is 23.9 Å². The molecule has 0 saturated heterocycles. The maximum atomic E-state index is 13.7. The maximum Gasteiger partial charge on any atom is 0.308 e. The number of ether oxygens (including phenoxy) is 4. The highest BCUT2D eigenvalue weighted by molar-refractivity contribution is 5.99. The molecule has 4 N–H and O–H groups in total. The van der Waals surface area contributed by atoms with Crippen LogP contribution in [0.5, 0.6) is 23.0 Å². The Morgan fingerprint density at radius 2 is 0.985 bits per heavy atom. The lowest BCUT2D eigenvalue weighted by Gasteiger charge is -2.36. The molecule has 0 heterocycles. The van der Waals surface area contributed by atoms with Crippen molar-refractivity contribution in [2.45, 2.75) is 112 Å². The summed E-state index contributed by atoms with van der Waals surface area (Å²) in [4.78, 5) is 101. The minimum Gasteiger partial charge on any atom is -0.423 e. The van der Waals surface area contributed by atoms with Gasteiger partial charge < -0.3 is 40.2 Å². The summed E-state index contributed by atoms with van der Waals surface area (Å²) in [5.74, 6) is -5.24. The molecule has 0 aromatic heterocycles. The van der Waals surface area contributed by atoms with Crippen LogP contribution in [0, 0.1) is 19.8 Å². The number of hydrogen-bond donors (Lipinski definition) is 4. The molecule has 3 rings (SSSR count). The van der Waals surface area contributed by atoms with Crippen molar-refractivity contribution < 1.29 is 57.3 Å². The number of carbonyl (C=O) groups is 8. The number of para-hydroxylation sites is 2. The number of benzene rings is 3. The van der Waals surface area contributed by atoms with Crippen LogP contribution >= 0.6 is 0 Å². The van der Waals surface area contributed by atoms with E-state index in [4.69, 9.17) is 18.9 Å². The summed E-state index contributed by atoms with van der Waals surface area (Å²) < 4.78 is 20.9. The lowest BCUT2D eigenvalue weighted by Crippen LogP contribution is -2.50. The van der Waals surface area contributed by atoms with Gasteiger partial charge in [0.15, 0.2) is 23.0 Å². The lowest BCUT2D eigenvalue weighted by molar-refractivity contribution is -0.134. The predicted molar refractivity (Wildman–Crippen MR) is 243 cm³/mol. The highest BCUT2D eigenvalue weighted by atomic mass is 16.6. The fourth-order valence-corrected chi connectivity index (χ4v) is 7.09. The first-order valence-corrected chi connectivity index (χ1v) is 21.6. The van der Waals surface area contributed by atoms with Crippen LogP contribution in [0.2, 0.25) is 0 Å². The first-order chi connectivity index (χ1) is 30.7. The SMILES string of the molecule is C=C(NCCCC(CCCNC(=O)c1cccc(OC(C)=O)c1OC(C)=O)(CCCNC(=O)c1cccc(OC(C)=O)c1OC(C)=O)NC(=O)CCC(=O)C(C)C)c1cccc(C)c1C. The predicted octanol–water partition coefficient (Wildman–Crippen LogP) is 6.63. The second-order valence-corrected chi connectivity index (χ2v) is 16.1. The normalized spacial score (nSPS) is 10.9. The Labute approximate surface area is 380 Å². The topological polar surface area (TPSA) is 222 Å². The van der Waals surface area contributed by atoms with Gasteiger partial charge in [0.1, 0.15) is 5.78 Å². The van der Waals surface area contributed by atoms with Crippen LogP contribution in [0.3, 0.4) is 0 Å². The molecule has 0 aliphatic carbocycles. The summed E-state index contributed by atoms with van der Waals surface area (Å²) in [6, 6.07) is 14.6. The Hall–Kier alpha value is -6.84. The van der Waals surface area contributed by atoms with Crippen molar-refractivity contribution in [1.82, 2.24) is 21.3 Å². The standard InChI is InChI=1S/C49H62N4O12/c1-30(2)41(58)22-23-44(59)53-49(24-13-27-50-33(5)38-17-10-16-31(3)32(38)4,25-14-28-51-47(60)39-18-11-20-42(62-34(6)54)45(39)64-36(8)56)26-15-29-52-48(61)40-19-12-21-43(63-35(7)55)46(40)65-37(9)57/h10-12,16-21,30,50H,5,13-15,22-29H2,1-4,6-9H3,(H,51,60)(H,52,61)(H,53,59). The Morgan fingerprint density at radius 1 is 0.569 bits per heavy atom. The molecule has 0 aliphatic rings. The van der Waals surface area contributed by atoms with E-state index in [1.54, 1.807) is 13.8 Å². The van der Waals surface area contributed by atoms with Gasteiger partial charge in [-0.05, 0) is 87.8 Å². The van der Waals surface area contributed by atoms with Crippen LogP contribution in [-0.4, -0.2) is 72.6 Å². The fourth-order valence-electron chi connectivity index (χ4n) is 7.09. The van der Waals surface area contributed by atoms with E-state index in [2.05, 4.69) is 27.8 Å². The van der Waals surface area contributed by atoms with Gasteiger partial charge in [0.05, 0.1) is 11.1 Å². The molecule has 0 unspecified atom stereocenters. The number of esters is 4. The van der Waals surface area contributed by atoms with Gasteiger partial charge in [0.2, 0.25) is 5.91 Å². The van der Waals surface area contributed by atoms with Crippen molar-refractivity contribution in [1.29, 1.82) is 0 Å². The number of carbonyl (C=O) groups excluding carboxylic acids is 8. The number of amides is 3. The van der Waals surface area contributed by atoms with Crippen molar-refractivity contribution in [3.8, 4) is 23.0 Å². The van der Waals surface area contributed by atoms with E-state index in [0.29, 0.717) is 45.1 Å². The van der Waals surface area contributed by atoms with Gasteiger partial charge in [-0.15, -0.1) is 0 Å². The average Bonchev–Trinajstić information content (AvgIpc) is 3.23. The zero-order valence-corrected chi connectivity index (χ0v) is 38.7. The first kappa shape index (κ1) is 52.5. The zero-order valence-electron chi connectivity index (χ0n) is 38.7. The van der Waals surface area contributed by atoms with Crippen molar-refractivity contribution in [3.05, 3.63) is 89.0 Å². The maximum absolute atomic E-state index is 13.7. The van der Waals surface area contributed by atoms with E-state index in [9.17, 15) is 38.4 Å². The minimum absolute atomic E-state index is 0.0329. The van der Waals surface area contributed by atoms with Crippen LogP contribution < -0.4 is 40.2 Å². The number of rotatable bonds is 25. The van der Waals surface area contributed by atoms with Crippen LogP contribution in [0.4, 0.5) is 0 Å². The van der Waals surface area contributed by atoms with Gasteiger partial charge in [-0.25, -0.2) is 0 Å². The second-order valence-electron chi connectivity index (χ2n) is 16.1. The lowest BCUT2D eigenvalue weighted by atomic mass is 9.83. The summed E-state index contributed by atoms with van der Waals surface area (Å²) in [5, 5.41) is 12.3. The summed E-state index contributed by atoms with van der Waals surface area (Å²) in [7, 11) is 0. The third kappa shape index (κ3) is 17.0. The van der Waals surface area contributed by atoms with Gasteiger partial charge in [0.25, 0.3) is 11.8 Å². The Bertz CT molecular complexity index is 2150. The Kier molecular flexibility index (Phi) is 20.6.